The van der Waals surface area contributed by atoms with Gasteiger partial charge in [-0.1, -0.05) is 120 Å². The van der Waals surface area contributed by atoms with Gasteiger partial charge in [-0.25, -0.2) is 0 Å². The summed E-state index contributed by atoms with van der Waals surface area (Å²) in [4.78, 5) is 0. The second kappa shape index (κ2) is 13.0. The van der Waals surface area contributed by atoms with Crippen molar-refractivity contribution in [2.45, 2.75) is 13.8 Å². The number of aryl methyl sites for hydroxylation is 2. The van der Waals surface area contributed by atoms with Crippen LogP contribution in [0.1, 0.15) is 22.3 Å². The van der Waals surface area contributed by atoms with Crippen LogP contribution in [0.2, 0.25) is 0 Å². The summed E-state index contributed by atoms with van der Waals surface area (Å²) in [7, 11) is 0. The first-order chi connectivity index (χ1) is 27.5. The van der Waals surface area contributed by atoms with E-state index in [-0.39, 0.29) is 0 Å². The third kappa shape index (κ3) is 5.20. The Morgan fingerprint density at radius 1 is 0.393 bits per heavy atom. The number of nitrogens with zero attached hydrogens (tertiary/aromatic N) is 4. The summed E-state index contributed by atoms with van der Waals surface area (Å²) < 4.78 is 4.54. The van der Waals surface area contributed by atoms with Crippen molar-refractivity contribution >= 4 is 43.6 Å². The smallest absolute Gasteiger partial charge is 0.101 e. The first-order valence-corrected chi connectivity index (χ1v) is 18.8. The molecule has 0 bridgehead atoms. The highest BCUT2D eigenvalue weighted by Crippen LogP contribution is 2.43. The van der Waals surface area contributed by atoms with Crippen molar-refractivity contribution in [2.24, 2.45) is 0 Å². The Bertz CT molecular complexity index is 3270. The van der Waals surface area contributed by atoms with E-state index in [0.29, 0.717) is 11.1 Å². The van der Waals surface area contributed by atoms with Crippen molar-refractivity contribution in [3.8, 4) is 56.9 Å². The van der Waals surface area contributed by atoms with E-state index in [2.05, 4.69) is 181 Å². The third-order valence-electron chi connectivity index (χ3n) is 11.2. The van der Waals surface area contributed by atoms with Gasteiger partial charge in [0.05, 0.1) is 50.6 Å². The molecule has 0 aliphatic rings. The summed E-state index contributed by atoms with van der Waals surface area (Å²) in [6.07, 6.45) is 0. The van der Waals surface area contributed by atoms with Gasteiger partial charge < -0.3 is 9.13 Å². The van der Waals surface area contributed by atoms with Crippen LogP contribution < -0.4 is 0 Å². The molecule has 2 heterocycles. The average Bonchev–Trinajstić information content (AvgIpc) is 3.75. The molecular formula is C52H34N4. The SMILES string of the molecule is Cc1ccc(-c2ccc3c(c2)c2ccccc2n3-c2ccc(C#N)cc2-c2cccc(C#N)c2-n2c3ccccc3c3cc(-c4ccc(C)cc4)ccc32)cc1. The molecule has 10 aromatic rings. The predicted molar refractivity (Wildman–Crippen MR) is 230 cm³/mol. The Morgan fingerprint density at radius 2 is 0.911 bits per heavy atom. The van der Waals surface area contributed by atoms with Gasteiger partial charge in [0.25, 0.3) is 0 Å². The Balaban J connectivity index is 1.25. The van der Waals surface area contributed by atoms with E-state index in [4.69, 9.17) is 0 Å². The molecule has 2 aromatic heterocycles. The number of rotatable bonds is 5. The minimum absolute atomic E-state index is 0.546. The maximum atomic E-state index is 10.8. The fraction of sp³-hybridized carbons (Fsp3) is 0.0385. The first-order valence-electron chi connectivity index (χ1n) is 18.8. The van der Waals surface area contributed by atoms with Gasteiger partial charge in [-0.05, 0) is 96.8 Å². The van der Waals surface area contributed by atoms with Gasteiger partial charge in [0, 0.05) is 32.7 Å². The molecule has 0 aliphatic heterocycles. The van der Waals surface area contributed by atoms with E-state index in [1.165, 1.54) is 16.7 Å². The molecule has 0 aliphatic carbocycles. The zero-order valence-electron chi connectivity index (χ0n) is 31.0. The van der Waals surface area contributed by atoms with Gasteiger partial charge in [0.15, 0.2) is 0 Å². The fourth-order valence-electron chi connectivity index (χ4n) is 8.41. The lowest BCUT2D eigenvalue weighted by molar-refractivity contribution is 1.15. The number of aromatic nitrogens is 2. The van der Waals surface area contributed by atoms with Crippen LogP contribution >= 0.6 is 0 Å². The zero-order valence-corrected chi connectivity index (χ0v) is 31.0. The van der Waals surface area contributed by atoms with Gasteiger partial charge >= 0.3 is 0 Å². The molecule has 0 saturated carbocycles. The highest BCUT2D eigenvalue weighted by Gasteiger charge is 2.23. The number of fused-ring (bicyclic) bond motifs is 6. The van der Waals surface area contributed by atoms with Crippen molar-refractivity contribution in [3.63, 3.8) is 0 Å². The van der Waals surface area contributed by atoms with Gasteiger partial charge in [0.2, 0.25) is 0 Å². The Kier molecular flexibility index (Phi) is 7.66. The Hall–Kier alpha value is -7.66. The molecule has 4 heteroatoms. The van der Waals surface area contributed by atoms with Gasteiger partial charge in [-0.2, -0.15) is 10.5 Å². The highest BCUT2D eigenvalue weighted by atomic mass is 15.0. The minimum atomic E-state index is 0.546. The summed E-state index contributed by atoms with van der Waals surface area (Å²) >= 11 is 0. The molecule has 0 N–H and O–H groups in total. The van der Waals surface area contributed by atoms with Crippen molar-refractivity contribution in [1.82, 2.24) is 9.13 Å². The molecule has 0 saturated heterocycles. The summed E-state index contributed by atoms with van der Waals surface area (Å²) in [6, 6.07) is 64.3. The number of hydrogen-bond donors (Lipinski definition) is 0. The van der Waals surface area contributed by atoms with Crippen LogP contribution in [-0.2, 0) is 0 Å². The molecule has 262 valence electrons. The van der Waals surface area contributed by atoms with Crippen LogP contribution in [-0.4, -0.2) is 9.13 Å². The monoisotopic (exact) mass is 714 g/mol. The lowest BCUT2D eigenvalue weighted by Crippen LogP contribution is -2.04. The van der Waals surface area contributed by atoms with Crippen molar-refractivity contribution < 1.29 is 0 Å². The molecule has 0 atom stereocenters. The molecule has 10 rings (SSSR count). The van der Waals surface area contributed by atoms with E-state index in [0.717, 1.165) is 82.8 Å². The minimum Gasteiger partial charge on any atom is -0.309 e. The van der Waals surface area contributed by atoms with E-state index in [9.17, 15) is 10.5 Å². The fourth-order valence-corrected chi connectivity index (χ4v) is 8.41. The maximum Gasteiger partial charge on any atom is 0.101 e. The second-order valence-electron chi connectivity index (χ2n) is 14.6. The van der Waals surface area contributed by atoms with E-state index >= 15 is 0 Å². The molecule has 0 amide bonds. The van der Waals surface area contributed by atoms with Crippen LogP contribution in [0, 0.1) is 36.5 Å². The molecule has 0 spiro atoms. The quantitative estimate of drug-likeness (QED) is 0.178. The highest BCUT2D eigenvalue weighted by molar-refractivity contribution is 6.13. The predicted octanol–water partition coefficient (Wildman–Crippen LogP) is 13.2. The summed E-state index contributed by atoms with van der Waals surface area (Å²) in [6.45, 7) is 4.21. The maximum absolute atomic E-state index is 10.8. The molecule has 56 heavy (non-hydrogen) atoms. The average molecular weight is 715 g/mol. The summed E-state index contributed by atoms with van der Waals surface area (Å²) in [5.74, 6) is 0. The summed E-state index contributed by atoms with van der Waals surface area (Å²) in [5, 5.41) is 25.6. The number of nitriles is 2. The second-order valence-corrected chi connectivity index (χ2v) is 14.6. The first kappa shape index (κ1) is 32.9. The van der Waals surface area contributed by atoms with Crippen LogP contribution in [0.3, 0.4) is 0 Å². The number of hydrogen-bond acceptors (Lipinski definition) is 2. The Labute approximate surface area is 325 Å². The Morgan fingerprint density at radius 3 is 1.48 bits per heavy atom. The van der Waals surface area contributed by atoms with Crippen LogP contribution in [0.25, 0.3) is 88.4 Å². The molecule has 0 fully saturated rings. The van der Waals surface area contributed by atoms with E-state index in [1.54, 1.807) is 0 Å². The number of benzene rings is 8. The molecule has 0 radical (unpaired) electrons. The normalized spacial score (nSPS) is 11.4. The standard InChI is InChI=1S/C52H34N4/c1-33-14-19-36(20-15-33)38-23-26-50-45(29-38)41-9-3-5-12-47(41)55(50)49-25-18-35(31-53)28-44(49)43-11-7-8-40(32-54)52(43)56-48-13-6-4-10-42(48)46-30-39(24-27-51(46)56)37-21-16-34(2)17-22-37/h3-30H,1-2H3. The van der Waals surface area contributed by atoms with Crippen molar-refractivity contribution in [1.29, 1.82) is 10.5 Å². The number of para-hydroxylation sites is 3. The van der Waals surface area contributed by atoms with E-state index in [1.807, 2.05) is 24.3 Å². The zero-order chi connectivity index (χ0) is 37.9. The van der Waals surface area contributed by atoms with Crippen LogP contribution in [0.5, 0.6) is 0 Å². The van der Waals surface area contributed by atoms with Crippen LogP contribution in [0.15, 0.2) is 170 Å². The molecule has 4 nitrogen and oxygen atoms in total. The topological polar surface area (TPSA) is 57.4 Å². The van der Waals surface area contributed by atoms with Gasteiger partial charge in [-0.15, -0.1) is 0 Å². The lowest BCUT2D eigenvalue weighted by atomic mass is 9.96. The third-order valence-corrected chi connectivity index (χ3v) is 11.2. The molecule has 0 unspecified atom stereocenters. The van der Waals surface area contributed by atoms with E-state index < -0.39 is 0 Å². The lowest BCUT2D eigenvalue weighted by Gasteiger charge is -2.20. The van der Waals surface area contributed by atoms with Crippen molar-refractivity contribution in [2.75, 3.05) is 0 Å². The van der Waals surface area contributed by atoms with Gasteiger partial charge in [0.1, 0.15) is 6.07 Å². The summed E-state index contributed by atoms with van der Waals surface area (Å²) in [5.41, 5.74) is 15.7. The van der Waals surface area contributed by atoms with Crippen molar-refractivity contribution in [3.05, 3.63) is 192 Å². The molecule has 8 aromatic carbocycles. The molecular weight excluding hydrogens is 681 g/mol. The van der Waals surface area contributed by atoms with Gasteiger partial charge in [-0.3, -0.25) is 0 Å². The largest absolute Gasteiger partial charge is 0.309 e. The van der Waals surface area contributed by atoms with Crippen LogP contribution in [0.4, 0.5) is 0 Å².